The molecule has 0 aliphatic heterocycles. The van der Waals surface area contributed by atoms with E-state index in [9.17, 15) is 10.1 Å². The van der Waals surface area contributed by atoms with E-state index in [2.05, 4.69) is 10.2 Å². The summed E-state index contributed by atoms with van der Waals surface area (Å²) in [7, 11) is 0. The Morgan fingerprint density at radius 1 is 1.15 bits per heavy atom. The molecule has 2 aromatic rings. The van der Waals surface area contributed by atoms with Crippen molar-refractivity contribution in [2.75, 3.05) is 35.1 Å². The molecule has 0 fully saturated rings. The van der Waals surface area contributed by atoms with Gasteiger partial charge in [-0.15, -0.1) is 23.2 Å². The molecule has 0 unspecified atom stereocenters. The molecular formula is C21H21Cl2N3O. The van der Waals surface area contributed by atoms with E-state index in [1.807, 2.05) is 49.4 Å². The SMILES string of the molecule is Cc1cc(N(CCCl)CCCl)ccc1C=C(C#N)C(=O)Nc1ccccc1. The summed E-state index contributed by atoms with van der Waals surface area (Å²) in [4.78, 5) is 14.5. The molecule has 0 bridgehead atoms. The average molecular weight is 402 g/mol. The molecule has 0 aromatic heterocycles. The van der Waals surface area contributed by atoms with Gasteiger partial charge in [0.25, 0.3) is 5.91 Å². The van der Waals surface area contributed by atoms with Gasteiger partial charge in [0.05, 0.1) is 0 Å². The molecule has 2 aromatic carbocycles. The van der Waals surface area contributed by atoms with E-state index in [4.69, 9.17) is 23.2 Å². The van der Waals surface area contributed by atoms with Crippen molar-refractivity contribution in [3.63, 3.8) is 0 Å². The third-order valence-corrected chi connectivity index (χ3v) is 4.36. The first-order valence-electron chi connectivity index (χ1n) is 8.54. The Balaban J connectivity index is 2.22. The summed E-state index contributed by atoms with van der Waals surface area (Å²) >= 11 is 11.7. The summed E-state index contributed by atoms with van der Waals surface area (Å²) in [5, 5.41) is 12.1. The number of benzene rings is 2. The van der Waals surface area contributed by atoms with Crippen molar-refractivity contribution in [3.8, 4) is 6.07 Å². The fourth-order valence-corrected chi connectivity index (χ4v) is 3.02. The third kappa shape index (κ3) is 6.02. The molecule has 0 aliphatic rings. The average Bonchev–Trinajstić information content (AvgIpc) is 2.67. The quantitative estimate of drug-likeness (QED) is 0.391. The van der Waals surface area contributed by atoms with Crippen molar-refractivity contribution in [2.45, 2.75) is 6.92 Å². The first-order chi connectivity index (χ1) is 13.1. The van der Waals surface area contributed by atoms with Gasteiger partial charge < -0.3 is 10.2 Å². The van der Waals surface area contributed by atoms with Crippen LogP contribution in [0.15, 0.2) is 54.1 Å². The summed E-state index contributed by atoms with van der Waals surface area (Å²) in [6.07, 6.45) is 1.60. The second-order valence-electron chi connectivity index (χ2n) is 5.90. The van der Waals surface area contributed by atoms with Gasteiger partial charge >= 0.3 is 0 Å². The van der Waals surface area contributed by atoms with Gasteiger partial charge in [-0.25, -0.2) is 0 Å². The van der Waals surface area contributed by atoms with E-state index in [0.29, 0.717) is 30.5 Å². The minimum atomic E-state index is -0.432. The smallest absolute Gasteiger partial charge is 0.266 e. The van der Waals surface area contributed by atoms with Crippen molar-refractivity contribution >= 4 is 46.6 Å². The van der Waals surface area contributed by atoms with Crippen molar-refractivity contribution < 1.29 is 4.79 Å². The molecule has 4 nitrogen and oxygen atoms in total. The van der Waals surface area contributed by atoms with Gasteiger partial charge in [-0.3, -0.25) is 4.79 Å². The number of aryl methyl sites for hydroxylation is 1. The fourth-order valence-electron chi connectivity index (χ4n) is 2.62. The lowest BCUT2D eigenvalue weighted by molar-refractivity contribution is -0.112. The van der Waals surface area contributed by atoms with E-state index in [-0.39, 0.29) is 5.57 Å². The van der Waals surface area contributed by atoms with Gasteiger partial charge in [0.1, 0.15) is 11.6 Å². The van der Waals surface area contributed by atoms with Crippen LogP contribution in [0.3, 0.4) is 0 Å². The van der Waals surface area contributed by atoms with Crippen LogP contribution in [0.4, 0.5) is 11.4 Å². The third-order valence-electron chi connectivity index (χ3n) is 4.02. The molecule has 0 saturated carbocycles. The Bertz CT molecular complexity index is 838. The Labute approximate surface area is 170 Å². The standard InChI is InChI=1S/C21H21Cl2N3O/c1-16-13-20(26(11-9-22)12-10-23)8-7-17(16)14-18(15-24)21(27)25-19-5-3-2-4-6-19/h2-8,13-14H,9-12H2,1H3,(H,25,27). The molecule has 27 heavy (non-hydrogen) atoms. The molecule has 0 spiro atoms. The minimum absolute atomic E-state index is 0.0491. The van der Waals surface area contributed by atoms with E-state index >= 15 is 0 Å². The van der Waals surface area contributed by atoms with Gasteiger partial charge in [-0.2, -0.15) is 5.26 Å². The lowest BCUT2D eigenvalue weighted by Crippen LogP contribution is -2.27. The first kappa shape index (κ1) is 20.8. The lowest BCUT2D eigenvalue weighted by Gasteiger charge is -2.23. The number of alkyl halides is 2. The molecule has 0 saturated heterocycles. The summed E-state index contributed by atoms with van der Waals surface area (Å²) in [6, 6.07) is 16.9. The van der Waals surface area contributed by atoms with Gasteiger partial charge in [-0.05, 0) is 48.4 Å². The minimum Gasteiger partial charge on any atom is -0.369 e. The maximum atomic E-state index is 12.4. The van der Waals surface area contributed by atoms with Crippen LogP contribution in [0.5, 0.6) is 0 Å². The highest BCUT2D eigenvalue weighted by molar-refractivity contribution is 6.18. The highest BCUT2D eigenvalue weighted by Crippen LogP contribution is 2.22. The number of rotatable bonds is 8. The molecule has 1 N–H and O–H groups in total. The number of nitriles is 1. The summed E-state index contributed by atoms with van der Waals surface area (Å²) in [6.45, 7) is 3.34. The normalized spacial score (nSPS) is 11.0. The zero-order valence-electron chi connectivity index (χ0n) is 15.1. The number of hydrogen-bond acceptors (Lipinski definition) is 3. The second-order valence-corrected chi connectivity index (χ2v) is 6.65. The van der Waals surface area contributed by atoms with Crippen molar-refractivity contribution in [2.24, 2.45) is 0 Å². The highest BCUT2D eigenvalue weighted by Gasteiger charge is 2.11. The second kappa shape index (κ2) is 10.6. The number of amides is 1. The number of halogens is 2. The van der Waals surface area contributed by atoms with Crippen molar-refractivity contribution in [1.29, 1.82) is 5.26 Å². The van der Waals surface area contributed by atoms with Crippen LogP contribution in [0.1, 0.15) is 11.1 Å². The summed E-state index contributed by atoms with van der Waals surface area (Å²) in [5.74, 6) is 0.587. The molecule has 0 heterocycles. The largest absolute Gasteiger partial charge is 0.369 e. The van der Waals surface area contributed by atoms with Crippen LogP contribution in [-0.2, 0) is 4.79 Å². The molecule has 0 atom stereocenters. The number of para-hydroxylation sites is 1. The molecule has 2 rings (SSSR count). The van der Waals surface area contributed by atoms with E-state index in [1.165, 1.54) is 0 Å². The van der Waals surface area contributed by atoms with E-state index in [1.54, 1.807) is 18.2 Å². The maximum absolute atomic E-state index is 12.4. The van der Waals surface area contributed by atoms with E-state index in [0.717, 1.165) is 16.8 Å². The Hall–Kier alpha value is -2.48. The van der Waals surface area contributed by atoms with Gasteiger partial charge in [0.15, 0.2) is 0 Å². The Morgan fingerprint density at radius 2 is 1.81 bits per heavy atom. The maximum Gasteiger partial charge on any atom is 0.266 e. The topological polar surface area (TPSA) is 56.1 Å². The first-order valence-corrected chi connectivity index (χ1v) is 9.61. The van der Waals surface area contributed by atoms with Gasteiger partial charge in [0, 0.05) is 36.2 Å². The fraction of sp³-hybridized carbons (Fsp3) is 0.238. The number of carbonyl (C=O) groups is 1. The number of nitrogens with one attached hydrogen (secondary N) is 1. The van der Waals surface area contributed by atoms with Crippen molar-refractivity contribution in [3.05, 3.63) is 65.2 Å². The van der Waals surface area contributed by atoms with Crippen molar-refractivity contribution in [1.82, 2.24) is 0 Å². The molecule has 140 valence electrons. The lowest BCUT2D eigenvalue weighted by atomic mass is 10.0. The molecule has 0 aliphatic carbocycles. The van der Waals surface area contributed by atoms with Crippen LogP contribution >= 0.6 is 23.2 Å². The van der Waals surface area contributed by atoms with Crippen LogP contribution < -0.4 is 10.2 Å². The Morgan fingerprint density at radius 3 is 2.37 bits per heavy atom. The summed E-state index contributed by atoms with van der Waals surface area (Å²) < 4.78 is 0. The molecular weight excluding hydrogens is 381 g/mol. The van der Waals surface area contributed by atoms with Crippen LogP contribution in [0, 0.1) is 18.3 Å². The number of hydrogen-bond donors (Lipinski definition) is 1. The highest BCUT2D eigenvalue weighted by atomic mass is 35.5. The summed E-state index contributed by atoms with van der Waals surface area (Å²) in [5.41, 5.74) is 3.48. The number of nitrogens with zero attached hydrogens (tertiary/aromatic N) is 2. The van der Waals surface area contributed by atoms with Gasteiger partial charge in [0.2, 0.25) is 0 Å². The molecule has 1 amide bonds. The van der Waals surface area contributed by atoms with Crippen LogP contribution in [0.25, 0.3) is 6.08 Å². The van der Waals surface area contributed by atoms with E-state index < -0.39 is 5.91 Å². The Kier molecular flexibility index (Phi) is 8.19. The monoisotopic (exact) mass is 401 g/mol. The zero-order chi connectivity index (χ0) is 19.6. The zero-order valence-corrected chi connectivity index (χ0v) is 16.6. The number of anilines is 2. The number of carbonyl (C=O) groups excluding carboxylic acids is 1. The van der Waals surface area contributed by atoms with Crippen LogP contribution in [0.2, 0.25) is 0 Å². The predicted octanol–water partition coefficient (Wildman–Crippen LogP) is 4.82. The predicted molar refractivity (Wildman–Crippen MR) is 113 cm³/mol. The molecule has 6 heteroatoms. The van der Waals surface area contributed by atoms with Gasteiger partial charge in [-0.1, -0.05) is 24.3 Å². The van der Waals surface area contributed by atoms with Crippen LogP contribution in [-0.4, -0.2) is 30.8 Å². The molecule has 0 radical (unpaired) electrons.